The SMILES string of the molecule is CCCCN(CC)C(C/C(N)=N/O)c1ccccc1. The zero-order valence-electron chi connectivity index (χ0n) is 11.9. The predicted octanol–water partition coefficient (Wildman–Crippen LogP) is 2.99. The van der Waals surface area contributed by atoms with E-state index >= 15 is 0 Å². The molecule has 1 unspecified atom stereocenters. The topological polar surface area (TPSA) is 61.8 Å². The van der Waals surface area contributed by atoms with Crippen molar-refractivity contribution in [2.24, 2.45) is 10.9 Å². The van der Waals surface area contributed by atoms with Gasteiger partial charge in [-0.05, 0) is 25.1 Å². The summed E-state index contributed by atoms with van der Waals surface area (Å²) >= 11 is 0. The van der Waals surface area contributed by atoms with E-state index in [9.17, 15) is 0 Å². The Balaban J connectivity index is 2.90. The van der Waals surface area contributed by atoms with Gasteiger partial charge in [0.25, 0.3) is 0 Å². The Bertz CT molecular complexity index is 378. The van der Waals surface area contributed by atoms with Crippen LogP contribution in [0.25, 0.3) is 0 Å². The molecule has 4 heteroatoms. The first kappa shape index (κ1) is 15.5. The highest BCUT2D eigenvalue weighted by molar-refractivity contribution is 5.80. The number of benzene rings is 1. The highest BCUT2D eigenvalue weighted by Gasteiger charge is 2.20. The van der Waals surface area contributed by atoms with Crippen molar-refractivity contribution < 1.29 is 5.21 Å². The molecule has 0 amide bonds. The molecule has 0 bridgehead atoms. The van der Waals surface area contributed by atoms with Gasteiger partial charge in [0, 0.05) is 12.5 Å². The molecule has 4 nitrogen and oxygen atoms in total. The lowest BCUT2D eigenvalue weighted by Gasteiger charge is -2.30. The van der Waals surface area contributed by atoms with E-state index in [1.165, 1.54) is 12.0 Å². The fourth-order valence-corrected chi connectivity index (χ4v) is 2.27. The molecule has 1 aromatic carbocycles. The average molecular weight is 263 g/mol. The van der Waals surface area contributed by atoms with Gasteiger partial charge in [-0.15, -0.1) is 0 Å². The van der Waals surface area contributed by atoms with E-state index in [2.05, 4.69) is 36.0 Å². The van der Waals surface area contributed by atoms with E-state index in [4.69, 9.17) is 10.9 Å². The zero-order chi connectivity index (χ0) is 14.1. The van der Waals surface area contributed by atoms with Gasteiger partial charge >= 0.3 is 0 Å². The molecule has 0 radical (unpaired) electrons. The molecule has 106 valence electrons. The van der Waals surface area contributed by atoms with Gasteiger partial charge in [-0.25, -0.2) is 0 Å². The van der Waals surface area contributed by atoms with Crippen LogP contribution < -0.4 is 5.73 Å². The maximum absolute atomic E-state index is 8.81. The van der Waals surface area contributed by atoms with Gasteiger partial charge in [-0.1, -0.05) is 55.8 Å². The van der Waals surface area contributed by atoms with Crippen molar-refractivity contribution >= 4 is 5.84 Å². The predicted molar refractivity (Wildman–Crippen MR) is 79.4 cm³/mol. The third kappa shape index (κ3) is 4.91. The summed E-state index contributed by atoms with van der Waals surface area (Å²) in [5.74, 6) is 0.281. The monoisotopic (exact) mass is 263 g/mol. The molecule has 0 fully saturated rings. The van der Waals surface area contributed by atoms with Gasteiger partial charge in [0.1, 0.15) is 5.84 Å². The zero-order valence-corrected chi connectivity index (χ0v) is 11.9. The van der Waals surface area contributed by atoms with E-state index in [0.717, 1.165) is 19.5 Å². The van der Waals surface area contributed by atoms with Crippen molar-refractivity contribution in [1.82, 2.24) is 4.90 Å². The molecular weight excluding hydrogens is 238 g/mol. The molecule has 19 heavy (non-hydrogen) atoms. The summed E-state index contributed by atoms with van der Waals surface area (Å²) in [5, 5.41) is 11.9. The first-order chi connectivity index (χ1) is 9.22. The van der Waals surface area contributed by atoms with Crippen molar-refractivity contribution in [1.29, 1.82) is 0 Å². The number of nitrogens with zero attached hydrogens (tertiary/aromatic N) is 2. The van der Waals surface area contributed by atoms with Crippen LogP contribution in [0.15, 0.2) is 35.5 Å². The second-order valence-electron chi connectivity index (χ2n) is 4.70. The highest BCUT2D eigenvalue weighted by atomic mass is 16.4. The smallest absolute Gasteiger partial charge is 0.141 e. The lowest BCUT2D eigenvalue weighted by Crippen LogP contribution is -2.33. The van der Waals surface area contributed by atoms with Gasteiger partial charge in [-0.3, -0.25) is 4.90 Å². The molecule has 0 saturated heterocycles. The molecule has 0 spiro atoms. The van der Waals surface area contributed by atoms with Crippen LogP contribution in [-0.2, 0) is 0 Å². The standard InChI is InChI=1S/C15H25N3O/c1-3-5-11-18(4-2)14(12-15(16)17-19)13-9-7-6-8-10-13/h6-10,14,19H,3-5,11-12H2,1-2H3,(H2,16,17). The van der Waals surface area contributed by atoms with E-state index in [1.807, 2.05) is 18.2 Å². The van der Waals surface area contributed by atoms with E-state index in [1.54, 1.807) is 0 Å². The summed E-state index contributed by atoms with van der Waals surface area (Å²) in [4.78, 5) is 2.39. The fraction of sp³-hybridized carbons (Fsp3) is 0.533. The molecule has 0 aliphatic heterocycles. The van der Waals surface area contributed by atoms with Crippen molar-refractivity contribution in [3.05, 3.63) is 35.9 Å². The quantitative estimate of drug-likeness (QED) is 0.328. The molecule has 0 heterocycles. The number of unbranched alkanes of at least 4 members (excludes halogenated alkanes) is 1. The average Bonchev–Trinajstić information content (AvgIpc) is 2.47. The fourth-order valence-electron chi connectivity index (χ4n) is 2.27. The highest BCUT2D eigenvalue weighted by Crippen LogP contribution is 2.24. The Morgan fingerprint density at radius 3 is 2.53 bits per heavy atom. The minimum Gasteiger partial charge on any atom is -0.409 e. The van der Waals surface area contributed by atoms with Crippen molar-refractivity contribution in [2.75, 3.05) is 13.1 Å². The molecule has 0 aliphatic rings. The van der Waals surface area contributed by atoms with Crippen molar-refractivity contribution in [3.8, 4) is 0 Å². The van der Waals surface area contributed by atoms with Gasteiger partial charge in [-0.2, -0.15) is 0 Å². The van der Waals surface area contributed by atoms with Crippen LogP contribution in [0.5, 0.6) is 0 Å². The lowest BCUT2D eigenvalue weighted by molar-refractivity contribution is 0.207. The lowest BCUT2D eigenvalue weighted by atomic mass is 10.0. The number of rotatable bonds is 8. The minimum absolute atomic E-state index is 0.175. The molecule has 3 N–H and O–H groups in total. The van der Waals surface area contributed by atoms with E-state index < -0.39 is 0 Å². The first-order valence-corrected chi connectivity index (χ1v) is 6.98. The van der Waals surface area contributed by atoms with Crippen LogP contribution in [0.3, 0.4) is 0 Å². The summed E-state index contributed by atoms with van der Waals surface area (Å²) in [5.41, 5.74) is 6.92. The largest absolute Gasteiger partial charge is 0.409 e. The first-order valence-electron chi connectivity index (χ1n) is 6.98. The van der Waals surface area contributed by atoms with Crippen LogP contribution in [0.2, 0.25) is 0 Å². The van der Waals surface area contributed by atoms with E-state index in [0.29, 0.717) is 6.42 Å². The molecule has 1 rings (SSSR count). The number of nitrogens with two attached hydrogens (primary N) is 1. The van der Waals surface area contributed by atoms with Crippen molar-refractivity contribution in [3.63, 3.8) is 0 Å². The Morgan fingerprint density at radius 2 is 2.00 bits per heavy atom. The van der Waals surface area contributed by atoms with Gasteiger partial charge in [0.2, 0.25) is 0 Å². The van der Waals surface area contributed by atoms with Gasteiger partial charge in [0.15, 0.2) is 0 Å². The summed E-state index contributed by atoms with van der Waals surface area (Å²) in [6, 6.07) is 10.4. The summed E-state index contributed by atoms with van der Waals surface area (Å²) in [7, 11) is 0. The third-order valence-corrected chi connectivity index (χ3v) is 3.36. The molecule has 1 aromatic rings. The number of oxime groups is 1. The van der Waals surface area contributed by atoms with Gasteiger partial charge in [0.05, 0.1) is 0 Å². The number of hydrogen-bond acceptors (Lipinski definition) is 3. The summed E-state index contributed by atoms with van der Waals surface area (Å²) in [6.07, 6.45) is 2.88. The Kier molecular flexibility index (Phi) is 6.97. The van der Waals surface area contributed by atoms with Crippen LogP contribution in [-0.4, -0.2) is 29.0 Å². The molecule has 1 atom stereocenters. The van der Waals surface area contributed by atoms with E-state index in [-0.39, 0.29) is 11.9 Å². The summed E-state index contributed by atoms with van der Waals surface area (Å²) in [6.45, 7) is 6.33. The Labute approximate surface area is 115 Å². The Morgan fingerprint density at radius 1 is 1.32 bits per heavy atom. The number of amidine groups is 1. The van der Waals surface area contributed by atoms with Crippen LogP contribution in [0.4, 0.5) is 0 Å². The van der Waals surface area contributed by atoms with Crippen LogP contribution in [0, 0.1) is 0 Å². The molecule has 0 aliphatic carbocycles. The molecule has 0 saturated carbocycles. The van der Waals surface area contributed by atoms with Crippen LogP contribution in [0.1, 0.15) is 44.7 Å². The van der Waals surface area contributed by atoms with Crippen molar-refractivity contribution in [2.45, 2.75) is 39.2 Å². The second-order valence-corrected chi connectivity index (χ2v) is 4.70. The maximum atomic E-state index is 8.81. The normalized spacial score (nSPS) is 13.7. The third-order valence-electron chi connectivity index (χ3n) is 3.36. The summed E-state index contributed by atoms with van der Waals surface area (Å²) < 4.78 is 0. The molecular formula is C15H25N3O. The molecule has 0 aromatic heterocycles. The van der Waals surface area contributed by atoms with Gasteiger partial charge < -0.3 is 10.9 Å². The minimum atomic E-state index is 0.175. The number of hydrogen-bond donors (Lipinski definition) is 2. The maximum Gasteiger partial charge on any atom is 0.141 e. The second kappa shape index (κ2) is 8.53. The van der Waals surface area contributed by atoms with Crippen LogP contribution >= 0.6 is 0 Å². The Hall–Kier alpha value is -1.55.